The van der Waals surface area contributed by atoms with Crippen molar-refractivity contribution in [1.82, 2.24) is 10.2 Å². The summed E-state index contributed by atoms with van der Waals surface area (Å²) in [6, 6.07) is 9.03. The highest BCUT2D eigenvalue weighted by Crippen LogP contribution is 2.32. The highest BCUT2D eigenvalue weighted by Gasteiger charge is 2.33. The van der Waals surface area contributed by atoms with Crippen LogP contribution in [0, 0.1) is 0 Å². The topological polar surface area (TPSA) is 52.6 Å². The molecule has 2 fully saturated rings. The fourth-order valence-electron chi connectivity index (χ4n) is 4.26. The van der Waals surface area contributed by atoms with Crippen LogP contribution < -0.4 is 5.32 Å². The van der Waals surface area contributed by atoms with E-state index in [2.05, 4.69) is 35.3 Å². The maximum absolute atomic E-state index is 12.2. The van der Waals surface area contributed by atoms with Crippen molar-refractivity contribution in [2.24, 2.45) is 0 Å². The molecule has 138 valence electrons. The first kappa shape index (κ1) is 18.4. The first-order valence-corrected chi connectivity index (χ1v) is 9.86. The molecule has 3 rings (SSSR count). The molecule has 1 saturated heterocycles. The van der Waals surface area contributed by atoms with E-state index in [9.17, 15) is 9.90 Å². The summed E-state index contributed by atoms with van der Waals surface area (Å²) in [5.41, 5.74) is 1.72. The van der Waals surface area contributed by atoms with Crippen LogP contribution in [0.15, 0.2) is 24.3 Å². The first-order chi connectivity index (χ1) is 12.1. The lowest BCUT2D eigenvalue weighted by Gasteiger charge is -2.33. The summed E-state index contributed by atoms with van der Waals surface area (Å²) in [5.74, 6) is -0.0365. The van der Waals surface area contributed by atoms with Gasteiger partial charge in [0.2, 0.25) is 5.91 Å². The second kappa shape index (κ2) is 8.33. The number of carbonyl (C=O) groups is 1. The number of aliphatic hydroxyl groups is 1. The van der Waals surface area contributed by atoms with Gasteiger partial charge >= 0.3 is 0 Å². The molecule has 1 unspecified atom stereocenters. The second-order valence-electron chi connectivity index (χ2n) is 7.97. The van der Waals surface area contributed by atoms with Gasteiger partial charge in [-0.1, -0.05) is 43.5 Å². The van der Waals surface area contributed by atoms with Gasteiger partial charge in [0.15, 0.2) is 0 Å². The van der Waals surface area contributed by atoms with Crippen LogP contribution in [0.4, 0.5) is 0 Å². The van der Waals surface area contributed by atoms with Crippen LogP contribution in [0.3, 0.4) is 0 Å². The monoisotopic (exact) mass is 344 g/mol. The van der Waals surface area contributed by atoms with E-state index >= 15 is 0 Å². The molecule has 1 aromatic rings. The van der Waals surface area contributed by atoms with Crippen molar-refractivity contribution < 1.29 is 9.90 Å². The summed E-state index contributed by atoms with van der Waals surface area (Å²) < 4.78 is 0. The molecule has 1 saturated carbocycles. The van der Waals surface area contributed by atoms with Gasteiger partial charge in [0, 0.05) is 19.1 Å². The zero-order chi connectivity index (χ0) is 17.7. The van der Waals surface area contributed by atoms with Crippen molar-refractivity contribution in [3.05, 3.63) is 35.4 Å². The third kappa shape index (κ3) is 5.05. The molecule has 4 nitrogen and oxygen atoms in total. The van der Waals surface area contributed by atoms with Crippen molar-refractivity contribution in [2.45, 2.75) is 83.0 Å². The zero-order valence-electron chi connectivity index (χ0n) is 15.5. The second-order valence-corrected chi connectivity index (χ2v) is 7.97. The molecule has 1 aromatic carbocycles. The summed E-state index contributed by atoms with van der Waals surface area (Å²) in [4.78, 5) is 14.8. The number of hydrogen-bond acceptors (Lipinski definition) is 3. The minimum Gasteiger partial charge on any atom is -0.389 e. The van der Waals surface area contributed by atoms with Crippen molar-refractivity contribution >= 4 is 5.91 Å². The van der Waals surface area contributed by atoms with Crippen molar-refractivity contribution in [3.63, 3.8) is 0 Å². The van der Waals surface area contributed by atoms with E-state index in [1.807, 2.05) is 6.07 Å². The van der Waals surface area contributed by atoms with Crippen LogP contribution in [0.2, 0.25) is 0 Å². The van der Waals surface area contributed by atoms with Crippen LogP contribution in [0.5, 0.6) is 0 Å². The van der Waals surface area contributed by atoms with Gasteiger partial charge in [-0.2, -0.15) is 0 Å². The lowest BCUT2D eigenvalue weighted by molar-refractivity contribution is -0.126. The largest absolute Gasteiger partial charge is 0.389 e. The molecule has 0 bridgehead atoms. The number of benzene rings is 1. The third-order valence-corrected chi connectivity index (χ3v) is 5.93. The molecule has 1 amide bonds. The highest BCUT2D eigenvalue weighted by molar-refractivity contribution is 5.77. The molecule has 1 atom stereocenters. The maximum atomic E-state index is 12.2. The number of nitrogens with zero attached hydrogens (tertiary/aromatic N) is 1. The molecule has 1 heterocycles. The molecule has 1 aliphatic heterocycles. The predicted octanol–water partition coefficient (Wildman–Crippen LogP) is 3.37. The lowest BCUT2D eigenvalue weighted by Crippen LogP contribution is -2.37. The summed E-state index contributed by atoms with van der Waals surface area (Å²) in [5, 5.41) is 13.4. The smallest absolute Gasteiger partial charge is 0.223 e. The summed E-state index contributed by atoms with van der Waals surface area (Å²) in [7, 11) is 0. The minimum atomic E-state index is -0.771. The van der Waals surface area contributed by atoms with Gasteiger partial charge in [-0.15, -0.1) is 0 Å². The van der Waals surface area contributed by atoms with E-state index in [0.29, 0.717) is 12.6 Å². The van der Waals surface area contributed by atoms with Gasteiger partial charge < -0.3 is 10.4 Å². The molecule has 2 N–H and O–H groups in total. The Balaban J connectivity index is 1.56. The molecule has 4 heteroatoms. The van der Waals surface area contributed by atoms with Crippen LogP contribution in [-0.4, -0.2) is 34.1 Å². The summed E-state index contributed by atoms with van der Waals surface area (Å²) in [6.45, 7) is 4.98. The highest BCUT2D eigenvalue weighted by atomic mass is 16.3. The Hall–Kier alpha value is -1.39. The summed E-state index contributed by atoms with van der Waals surface area (Å²) >= 11 is 0. The Bertz CT molecular complexity index is 581. The fraction of sp³-hybridized carbons (Fsp3) is 0.667. The van der Waals surface area contributed by atoms with E-state index in [0.717, 1.165) is 38.8 Å². The van der Waals surface area contributed by atoms with Gasteiger partial charge in [-0.3, -0.25) is 9.69 Å². The van der Waals surface area contributed by atoms with Gasteiger partial charge in [-0.25, -0.2) is 0 Å². The number of nitrogens with one attached hydrogen (secondary N) is 1. The Morgan fingerprint density at radius 2 is 1.92 bits per heavy atom. The average Bonchev–Trinajstić information content (AvgIpc) is 3.02. The van der Waals surface area contributed by atoms with Crippen molar-refractivity contribution in [2.75, 3.05) is 6.54 Å². The van der Waals surface area contributed by atoms with Gasteiger partial charge in [-0.05, 0) is 50.3 Å². The number of rotatable bonds is 6. The molecule has 1 aliphatic carbocycles. The Morgan fingerprint density at radius 1 is 1.20 bits per heavy atom. The van der Waals surface area contributed by atoms with Gasteiger partial charge in [0.25, 0.3) is 0 Å². The van der Waals surface area contributed by atoms with Crippen molar-refractivity contribution in [1.29, 1.82) is 0 Å². The van der Waals surface area contributed by atoms with E-state index in [4.69, 9.17) is 0 Å². The number of piperidine rings is 1. The predicted molar refractivity (Wildman–Crippen MR) is 100 cm³/mol. The number of amides is 1. The Kier molecular flexibility index (Phi) is 6.13. The molecule has 2 aliphatic rings. The van der Waals surface area contributed by atoms with E-state index in [1.54, 1.807) is 0 Å². The number of hydrogen-bond donors (Lipinski definition) is 2. The molecule has 0 spiro atoms. The summed E-state index contributed by atoms with van der Waals surface area (Å²) in [6.07, 6.45) is 7.69. The average molecular weight is 344 g/mol. The van der Waals surface area contributed by atoms with Gasteiger partial charge in [0.1, 0.15) is 0 Å². The quantitative estimate of drug-likeness (QED) is 0.832. The van der Waals surface area contributed by atoms with Crippen LogP contribution in [-0.2, 0) is 17.9 Å². The third-order valence-electron chi connectivity index (χ3n) is 5.93. The van der Waals surface area contributed by atoms with E-state index in [-0.39, 0.29) is 12.3 Å². The normalized spacial score (nSPS) is 23.5. The SMILES string of the molecule is CC1CCCCN1Cc1ccccc1CNC(=O)CC1(O)CCCC1. The van der Waals surface area contributed by atoms with Crippen LogP contribution in [0.1, 0.15) is 69.4 Å². The standard InChI is InChI=1S/C21H32N2O2/c1-17-8-4-7-13-23(17)16-19-10-3-2-9-18(19)15-22-20(24)14-21(25)11-5-6-12-21/h2-3,9-10,17,25H,4-8,11-16H2,1H3,(H,22,24). The molecule has 0 aromatic heterocycles. The first-order valence-electron chi connectivity index (χ1n) is 9.86. The number of carbonyl (C=O) groups excluding carboxylic acids is 1. The molecule has 25 heavy (non-hydrogen) atoms. The van der Waals surface area contributed by atoms with Crippen LogP contribution in [0.25, 0.3) is 0 Å². The van der Waals surface area contributed by atoms with E-state index in [1.165, 1.54) is 30.4 Å². The molecular weight excluding hydrogens is 312 g/mol. The minimum absolute atomic E-state index is 0.0365. The maximum Gasteiger partial charge on any atom is 0.223 e. The lowest BCUT2D eigenvalue weighted by atomic mass is 9.97. The van der Waals surface area contributed by atoms with Crippen molar-refractivity contribution in [3.8, 4) is 0 Å². The Morgan fingerprint density at radius 3 is 2.64 bits per heavy atom. The van der Waals surface area contributed by atoms with E-state index < -0.39 is 5.60 Å². The molecular formula is C21H32N2O2. The molecule has 0 radical (unpaired) electrons. The fourth-order valence-corrected chi connectivity index (χ4v) is 4.26. The zero-order valence-corrected chi connectivity index (χ0v) is 15.5. The number of likely N-dealkylation sites (tertiary alicyclic amines) is 1. The van der Waals surface area contributed by atoms with Crippen LogP contribution >= 0.6 is 0 Å². The van der Waals surface area contributed by atoms with Gasteiger partial charge in [0.05, 0.1) is 12.0 Å². The Labute approximate surface area is 151 Å².